The Morgan fingerprint density at radius 2 is 1.56 bits per heavy atom. The van der Waals surface area contributed by atoms with Crippen molar-refractivity contribution in [3.63, 3.8) is 0 Å². The van der Waals surface area contributed by atoms with Gasteiger partial charge in [-0.3, -0.25) is 4.79 Å². The number of ether oxygens (including phenoxy) is 2. The molecule has 0 aliphatic carbocycles. The zero-order valence-corrected chi connectivity index (χ0v) is 16.8. The predicted octanol–water partition coefficient (Wildman–Crippen LogP) is 3.09. The van der Waals surface area contributed by atoms with Crippen LogP contribution in [0.3, 0.4) is 0 Å². The molecule has 0 unspecified atom stereocenters. The smallest absolute Gasteiger partial charge is 0.408 e. The number of carbonyl (C=O) groups is 3. The van der Waals surface area contributed by atoms with Crippen LogP contribution in [0.5, 0.6) is 0 Å². The number of alkyl carbamates (subject to hydrolysis) is 1. The molecule has 0 fully saturated rings. The summed E-state index contributed by atoms with van der Waals surface area (Å²) in [5.41, 5.74) is 0.101. The van der Waals surface area contributed by atoms with Crippen molar-refractivity contribution < 1.29 is 29.0 Å². The second-order valence-corrected chi connectivity index (χ2v) is 8.32. The molecule has 150 valence electrons. The number of esters is 1. The van der Waals surface area contributed by atoms with E-state index in [1.54, 1.807) is 65.8 Å². The molecule has 0 saturated carbocycles. The van der Waals surface area contributed by atoms with Gasteiger partial charge in [-0.1, -0.05) is 24.3 Å². The van der Waals surface area contributed by atoms with Crippen LogP contribution in [-0.2, 0) is 31.9 Å². The van der Waals surface area contributed by atoms with Gasteiger partial charge in [-0.15, -0.1) is 0 Å². The Kier molecular flexibility index (Phi) is 7.39. The molecule has 1 aromatic rings. The Balaban J connectivity index is 2.79. The van der Waals surface area contributed by atoms with Crippen molar-refractivity contribution in [2.24, 2.45) is 0 Å². The lowest BCUT2D eigenvalue weighted by atomic mass is 10.0. The van der Waals surface area contributed by atoms with Crippen LogP contribution in [0.15, 0.2) is 24.3 Å². The van der Waals surface area contributed by atoms with Gasteiger partial charge >= 0.3 is 18.0 Å². The first-order valence-corrected chi connectivity index (χ1v) is 8.77. The monoisotopic (exact) mass is 379 g/mol. The summed E-state index contributed by atoms with van der Waals surface area (Å²) in [5.74, 6) is -1.53. The van der Waals surface area contributed by atoms with Gasteiger partial charge in [-0.05, 0) is 52.7 Å². The number of benzene rings is 1. The minimum Gasteiger partial charge on any atom is -0.480 e. The van der Waals surface area contributed by atoms with Crippen molar-refractivity contribution in [3.05, 3.63) is 35.4 Å². The highest BCUT2D eigenvalue weighted by atomic mass is 16.6. The van der Waals surface area contributed by atoms with Crippen molar-refractivity contribution >= 4 is 18.0 Å². The van der Waals surface area contributed by atoms with Crippen LogP contribution in [0.1, 0.15) is 52.7 Å². The number of hydrogen-bond donors (Lipinski definition) is 2. The van der Waals surface area contributed by atoms with E-state index in [9.17, 15) is 19.5 Å². The van der Waals surface area contributed by atoms with E-state index in [2.05, 4.69) is 5.32 Å². The number of nitrogens with one attached hydrogen (secondary N) is 1. The molecule has 7 heteroatoms. The third-order valence-corrected chi connectivity index (χ3v) is 3.19. The van der Waals surface area contributed by atoms with Gasteiger partial charge in [0.25, 0.3) is 0 Å². The molecule has 0 aromatic heterocycles. The molecular weight excluding hydrogens is 350 g/mol. The molecule has 1 amide bonds. The summed E-state index contributed by atoms with van der Waals surface area (Å²) in [6, 6.07) is 5.84. The number of hydrogen-bond acceptors (Lipinski definition) is 5. The zero-order valence-electron chi connectivity index (χ0n) is 16.8. The summed E-state index contributed by atoms with van der Waals surface area (Å²) in [6.07, 6.45) is -0.640. The molecule has 2 N–H and O–H groups in total. The van der Waals surface area contributed by atoms with Crippen LogP contribution in [0.25, 0.3) is 0 Å². The Hall–Kier alpha value is -2.57. The molecule has 0 aliphatic heterocycles. The highest BCUT2D eigenvalue weighted by Crippen LogP contribution is 2.13. The van der Waals surface area contributed by atoms with Crippen LogP contribution < -0.4 is 5.32 Å². The first kappa shape index (κ1) is 22.5. The van der Waals surface area contributed by atoms with E-state index in [-0.39, 0.29) is 18.8 Å². The second kappa shape index (κ2) is 8.88. The minimum atomic E-state index is -1.17. The van der Waals surface area contributed by atoms with E-state index in [4.69, 9.17) is 9.47 Å². The van der Waals surface area contributed by atoms with Gasteiger partial charge in [0.1, 0.15) is 17.2 Å². The maximum absolute atomic E-state index is 12.0. The maximum Gasteiger partial charge on any atom is 0.408 e. The van der Waals surface area contributed by atoms with E-state index in [1.165, 1.54) is 0 Å². The fourth-order valence-electron chi connectivity index (χ4n) is 2.30. The Morgan fingerprint density at radius 1 is 1.00 bits per heavy atom. The van der Waals surface area contributed by atoms with Crippen molar-refractivity contribution in [1.82, 2.24) is 5.32 Å². The van der Waals surface area contributed by atoms with Gasteiger partial charge in [0.2, 0.25) is 0 Å². The number of carbonyl (C=O) groups excluding carboxylic acids is 2. The van der Waals surface area contributed by atoms with E-state index >= 15 is 0 Å². The molecule has 0 aliphatic rings. The summed E-state index contributed by atoms with van der Waals surface area (Å²) in [5, 5.41) is 11.7. The summed E-state index contributed by atoms with van der Waals surface area (Å²) in [4.78, 5) is 35.3. The van der Waals surface area contributed by atoms with Crippen LogP contribution in [0, 0.1) is 0 Å². The van der Waals surface area contributed by atoms with Crippen LogP contribution in [0.2, 0.25) is 0 Å². The van der Waals surface area contributed by atoms with E-state index in [0.717, 1.165) is 0 Å². The van der Waals surface area contributed by atoms with Gasteiger partial charge in [0.15, 0.2) is 0 Å². The maximum atomic E-state index is 12.0. The molecule has 0 spiro atoms. The molecule has 0 radical (unpaired) electrons. The molecule has 0 saturated heterocycles. The highest BCUT2D eigenvalue weighted by molar-refractivity contribution is 5.80. The van der Waals surface area contributed by atoms with Crippen molar-refractivity contribution in [2.45, 2.75) is 71.6 Å². The molecule has 7 nitrogen and oxygen atoms in total. The Morgan fingerprint density at radius 3 is 2.07 bits per heavy atom. The number of rotatable bonds is 6. The van der Waals surface area contributed by atoms with Gasteiger partial charge in [-0.25, -0.2) is 9.59 Å². The van der Waals surface area contributed by atoms with Gasteiger partial charge in [0.05, 0.1) is 6.42 Å². The van der Waals surface area contributed by atoms with E-state index < -0.39 is 29.3 Å². The molecule has 1 atom stereocenters. The standard InChI is InChI=1S/C20H29NO6/c1-19(2,3)26-16(22)12-14-9-7-8-13(10-14)11-15(17(23)24)21-18(25)27-20(4,5)6/h7-10,15H,11-12H2,1-6H3,(H,21,25)(H,23,24)/t15-/m0/s1. The predicted molar refractivity (Wildman–Crippen MR) is 100 cm³/mol. The SMILES string of the molecule is CC(C)(C)OC(=O)Cc1cccc(C[C@H](NC(=O)OC(C)(C)C)C(=O)O)c1. The van der Waals surface area contributed by atoms with Crippen LogP contribution in [0.4, 0.5) is 4.79 Å². The second-order valence-electron chi connectivity index (χ2n) is 8.32. The average Bonchev–Trinajstić information content (AvgIpc) is 2.42. The Bertz CT molecular complexity index is 684. The van der Waals surface area contributed by atoms with E-state index in [0.29, 0.717) is 11.1 Å². The zero-order chi connectivity index (χ0) is 20.8. The average molecular weight is 379 g/mol. The molecule has 0 bridgehead atoms. The van der Waals surface area contributed by atoms with Gasteiger partial charge in [-0.2, -0.15) is 0 Å². The lowest BCUT2D eigenvalue weighted by molar-refractivity contribution is -0.154. The summed E-state index contributed by atoms with van der Waals surface area (Å²) in [6.45, 7) is 10.5. The molecule has 27 heavy (non-hydrogen) atoms. The van der Waals surface area contributed by atoms with Crippen molar-refractivity contribution in [2.75, 3.05) is 0 Å². The molecular formula is C20H29NO6. The van der Waals surface area contributed by atoms with Crippen molar-refractivity contribution in [1.29, 1.82) is 0 Å². The van der Waals surface area contributed by atoms with Crippen molar-refractivity contribution in [3.8, 4) is 0 Å². The highest BCUT2D eigenvalue weighted by Gasteiger charge is 2.24. The summed E-state index contributed by atoms with van der Waals surface area (Å²) in [7, 11) is 0. The first-order valence-electron chi connectivity index (χ1n) is 8.77. The summed E-state index contributed by atoms with van der Waals surface area (Å²) >= 11 is 0. The topological polar surface area (TPSA) is 102 Å². The summed E-state index contributed by atoms with van der Waals surface area (Å²) < 4.78 is 10.4. The normalized spacial score (nSPS) is 12.8. The number of amides is 1. The molecule has 1 aromatic carbocycles. The fourth-order valence-corrected chi connectivity index (χ4v) is 2.30. The Labute approximate surface area is 160 Å². The molecule has 0 heterocycles. The number of carboxylic acid groups (broad SMARTS) is 1. The first-order chi connectivity index (χ1) is 12.2. The third-order valence-electron chi connectivity index (χ3n) is 3.19. The fraction of sp³-hybridized carbons (Fsp3) is 0.550. The van der Waals surface area contributed by atoms with Gasteiger partial charge in [0, 0.05) is 6.42 Å². The minimum absolute atomic E-state index is 0.0662. The lowest BCUT2D eigenvalue weighted by Crippen LogP contribution is -2.44. The molecule has 1 rings (SSSR count). The van der Waals surface area contributed by atoms with Crippen LogP contribution >= 0.6 is 0 Å². The van der Waals surface area contributed by atoms with Gasteiger partial charge < -0.3 is 19.9 Å². The largest absolute Gasteiger partial charge is 0.480 e. The third kappa shape index (κ3) is 9.63. The quantitative estimate of drug-likeness (QED) is 0.737. The number of carboxylic acids is 1. The lowest BCUT2D eigenvalue weighted by Gasteiger charge is -2.22. The van der Waals surface area contributed by atoms with Crippen LogP contribution in [-0.4, -0.2) is 40.4 Å². The number of aliphatic carboxylic acids is 1. The van der Waals surface area contributed by atoms with E-state index in [1.807, 2.05) is 0 Å².